The van der Waals surface area contributed by atoms with Gasteiger partial charge < -0.3 is 24.8 Å². The second-order valence-electron chi connectivity index (χ2n) is 14.5. The van der Waals surface area contributed by atoms with E-state index in [1.165, 1.54) is 12.5 Å². The number of amides is 1. The summed E-state index contributed by atoms with van der Waals surface area (Å²) < 4.78 is 11.4. The topological polar surface area (TPSA) is 161 Å². The van der Waals surface area contributed by atoms with Crippen LogP contribution in [0.3, 0.4) is 0 Å². The minimum atomic E-state index is -0.985. The maximum Gasteiger partial charge on any atom is 0.344 e. The summed E-state index contributed by atoms with van der Waals surface area (Å²) in [5.74, 6) is 0.185. The molecule has 316 valence electrons. The van der Waals surface area contributed by atoms with Crippen LogP contribution in [0.5, 0.6) is 11.5 Å². The van der Waals surface area contributed by atoms with Crippen molar-refractivity contribution >= 4 is 44.8 Å². The largest absolute Gasteiger partial charge is 0.480 e. The third-order valence-electron chi connectivity index (χ3n) is 10.5. The summed E-state index contributed by atoms with van der Waals surface area (Å²) in [7, 11) is 0. The van der Waals surface area contributed by atoms with E-state index in [2.05, 4.69) is 27.4 Å². The van der Waals surface area contributed by atoms with Crippen molar-refractivity contribution in [1.82, 2.24) is 20.2 Å². The first-order valence-corrected chi connectivity index (χ1v) is 20.4. The molecule has 11 heteroatoms. The molecular formula is C51H52N6O5. The molecule has 2 aliphatic heterocycles. The van der Waals surface area contributed by atoms with E-state index >= 15 is 0 Å². The van der Waals surface area contributed by atoms with Crippen LogP contribution in [0.1, 0.15) is 58.1 Å². The van der Waals surface area contributed by atoms with Crippen molar-refractivity contribution in [3.63, 3.8) is 0 Å². The van der Waals surface area contributed by atoms with Crippen LogP contribution in [0.25, 0.3) is 33.0 Å². The number of likely N-dealkylation sites (tertiary alicyclic amines) is 1. The van der Waals surface area contributed by atoms with E-state index in [-0.39, 0.29) is 13.3 Å². The number of nitrogens with one attached hydrogen (secondary N) is 1. The lowest BCUT2D eigenvalue weighted by atomic mass is 9.94. The van der Waals surface area contributed by atoms with Crippen molar-refractivity contribution in [1.29, 1.82) is 10.5 Å². The highest BCUT2D eigenvalue weighted by Crippen LogP contribution is 2.29. The van der Waals surface area contributed by atoms with Crippen LogP contribution in [0, 0.1) is 22.7 Å². The number of pyridine rings is 2. The fourth-order valence-corrected chi connectivity index (χ4v) is 7.23. The summed E-state index contributed by atoms with van der Waals surface area (Å²) in [6.45, 7) is 6.46. The van der Waals surface area contributed by atoms with E-state index in [1.807, 2.05) is 108 Å². The van der Waals surface area contributed by atoms with Crippen LogP contribution < -0.4 is 14.8 Å². The van der Waals surface area contributed by atoms with E-state index in [4.69, 9.17) is 14.6 Å². The van der Waals surface area contributed by atoms with E-state index < -0.39 is 18.2 Å². The van der Waals surface area contributed by atoms with Gasteiger partial charge in [0, 0.05) is 36.3 Å². The Morgan fingerprint density at radius 3 is 1.53 bits per heavy atom. The van der Waals surface area contributed by atoms with Crippen LogP contribution in [-0.4, -0.2) is 70.2 Å². The number of nitriles is 2. The number of aromatic nitrogens is 2. The zero-order valence-corrected chi connectivity index (χ0v) is 34.3. The summed E-state index contributed by atoms with van der Waals surface area (Å²) in [6.07, 6.45) is 5.37. The standard InChI is InChI=1S/C25H23N3O2.C13H14N2.C12H11NO3.CH4/c1-18(30-24-11-5-10-23-21(24)9-6-14-27-23)25(29)28-15-12-20(13-16-28)22(17-26)19-7-3-2-4-8-19;14-10-13(11-4-2-1-3-5-11)12-6-8-15-9-7-12;1-8(12(14)15)16-11-6-2-5-10-9(11)4-3-7-13-10;/h2-11,14,18H,12-13,15-16H2,1H3;1-5,15H,6-9H2;2-8H,1H3,(H,14,15);1H4. The van der Waals surface area contributed by atoms with Gasteiger partial charge in [0.2, 0.25) is 0 Å². The van der Waals surface area contributed by atoms with Crippen LogP contribution in [0.4, 0.5) is 0 Å². The molecule has 4 aromatic carbocycles. The molecule has 2 fully saturated rings. The summed E-state index contributed by atoms with van der Waals surface area (Å²) >= 11 is 0. The van der Waals surface area contributed by atoms with Crippen LogP contribution in [0.2, 0.25) is 0 Å². The van der Waals surface area contributed by atoms with Gasteiger partial charge in [-0.3, -0.25) is 14.8 Å². The molecule has 0 spiro atoms. The first-order chi connectivity index (χ1) is 29.8. The van der Waals surface area contributed by atoms with Crippen molar-refractivity contribution in [2.45, 2.75) is 59.2 Å². The van der Waals surface area contributed by atoms with Gasteiger partial charge in [-0.15, -0.1) is 0 Å². The number of carbonyl (C=O) groups is 2. The molecule has 0 radical (unpaired) electrons. The van der Waals surface area contributed by atoms with Gasteiger partial charge in [0.25, 0.3) is 5.91 Å². The molecule has 2 N–H and O–H groups in total. The molecule has 2 aromatic heterocycles. The Balaban J connectivity index is 0.000000192. The fourth-order valence-electron chi connectivity index (χ4n) is 7.23. The number of benzene rings is 4. The highest BCUT2D eigenvalue weighted by atomic mass is 16.5. The average molecular weight is 829 g/mol. The number of nitrogens with zero attached hydrogens (tertiary/aromatic N) is 5. The Bertz CT molecular complexity index is 2570. The summed E-state index contributed by atoms with van der Waals surface area (Å²) in [4.78, 5) is 34.0. The Morgan fingerprint density at radius 2 is 1.08 bits per heavy atom. The molecule has 0 bridgehead atoms. The second kappa shape index (κ2) is 22.9. The molecule has 2 saturated heterocycles. The minimum Gasteiger partial charge on any atom is -0.480 e. The Hall–Kier alpha value is -7.34. The number of carboxylic acid groups (broad SMARTS) is 1. The monoisotopic (exact) mass is 828 g/mol. The molecule has 11 nitrogen and oxygen atoms in total. The fraction of sp³-hybridized carbons (Fsp3) is 0.255. The van der Waals surface area contributed by atoms with Gasteiger partial charge in [0.15, 0.2) is 12.2 Å². The van der Waals surface area contributed by atoms with Gasteiger partial charge in [-0.05, 0) is 123 Å². The first kappa shape index (κ1) is 45.7. The molecule has 0 aliphatic carbocycles. The van der Waals surface area contributed by atoms with Gasteiger partial charge in [-0.2, -0.15) is 10.5 Å². The minimum absolute atomic E-state index is 0. The van der Waals surface area contributed by atoms with Gasteiger partial charge in [-0.1, -0.05) is 80.2 Å². The smallest absolute Gasteiger partial charge is 0.344 e. The van der Waals surface area contributed by atoms with Crippen molar-refractivity contribution in [2.75, 3.05) is 26.2 Å². The number of fused-ring (bicyclic) bond motifs is 2. The molecule has 0 saturated carbocycles. The number of aliphatic carboxylic acids is 1. The lowest BCUT2D eigenvalue weighted by Crippen LogP contribution is -2.43. The molecular weight excluding hydrogens is 777 g/mol. The molecule has 2 atom stereocenters. The number of allylic oxidation sites excluding steroid dienone is 2. The molecule has 6 aromatic rings. The third-order valence-corrected chi connectivity index (χ3v) is 10.5. The van der Waals surface area contributed by atoms with Crippen LogP contribution in [-0.2, 0) is 9.59 Å². The molecule has 62 heavy (non-hydrogen) atoms. The van der Waals surface area contributed by atoms with Gasteiger partial charge in [-0.25, -0.2) is 4.79 Å². The van der Waals surface area contributed by atoms with Crippen molar-refractivity contribution in [3.8, 4) is 23.6 Å². The van der Waals surface area contributed by atoms with Crippen LogP contribution in [0.15, 0.2) is 145 Å². The maximum absolute atomic E-state index is 13.0. The average Bonchev–Trinajstić information content (AvgIpc) is 3.31. The SMILES string of the molecule is C.CC(Oc1cccc2ncccc12)C(=O)N1CCC(=C(C#N)c2ccccc2)CC1.CC(Oc1cccc2ncccc12)C(=O)O.N#CC(=C1CCNCC1)c1ccccc1. The lowest BCUT2D eigenvalue weighted by Gasteiger charge is -2.31. The second-order valence-corrected chi connectivity index (χ2v) is 14.5. The molecule has 1 amide bonds. The van der Waals surface area contributed by atoms with Gasteiger partial charge >= 0.3 is 5.97 Å². The number of rotatable bonds is 8. The summed E-state index contributed by atoms with van der Waals surface area (Å²) in [6, 6.07) is 42.9. The zero-order chi connectivity index (χ0) is 43.0. The van der Waals surface area contributed by atoms with Gasteiger partial charge in [0.05, 0.1) is 34.3 Å². The number of piperidine rings is 2. The van der Waals surface area contributed by atoms with Crippen molar-refractivity contribution in [3.05, 3.63) is 156 Å². The van der Waals surface area contributed by atoms with Gasteiger partial charge in [0.1, 0.15) is 11.5 Å². The van der Waals surface area contributed by atoms with E-state index in [0.29, 0.717) is 37.4 Å². The number of ether oxygens (including phenoxy) is 2. The highest BCUT2D eigenvalue weighted by molar-refractivity contribution is 5.87. The molecule has 4 heterocycles. The van der Waals surface area contributed by atoms with Crippen molar-refractivity contribution < 1.29 is 24.2 Å². The van der Waals surface area contributed by atoms with Crippen LogP contribution >= 0.6 is 0 Å². The predicted molar refractivity (Wildman–Crippen MR) is 244 cm³/mol. The van der Waals surface area contributed by atoms with E-state index in [9.17, 15) is 20.1 Å². The number of carbonyl (C=O) groups excluding carboxylic acids is 1. The maximum atomic E-state index is 13.0. The first-order valence-electron chi connectivity index (χ1n) is 20.4. The highest BCUT2D eigenvalue weighted by Gasteiger charge is 2.27. The van der Waals surface area contributed by atoms with E-state index in [0.717, 1.165) is 75.6 Å². The number of carboxylic acids is 1. The quantitative estimate of drug-likeness (QED) is 0.141. The zero-order valence-electron chi connectivity index (χ0n) is 34.3. The number of hydrogen-bond donors (Lipinski definition) is 2. The summed E-state index contributed by atoms with van der Waals surface area (Å²) in [5, 5.41) is 32.6. The lowest BCUT2D eigenvalue weighted by molar-refractivity contribution is -0.144. The normalized spacial score (nSPS) is 14.2. The molecule has 2 aliphatic rings. The Morgan fingerprint density at radius 1 is 0.629 bits per heavy atom. The molecule has 2 unspecified atom stereocenters. The summed E-state index contributed by atoms with van der Waals surface area (Å²) in [5.41, 5.74) is 7.63. The number of hydrogen-bond acceptors (Lipinski definition) is 9. The third kappa shape index (κ3) is 11.9. The predicted octanol–water partition coefficient (Wildman–Crippen LogP) is 9.67. The Kier molecular flexibility index (Phi) is 16.9. The van der Waals surface area contributed by atoms with Crippen molar-refractivity contribution in [2.24, 2.45) is 0 Å². The molecule has 8 rings (SSSR count). The Labute approximate surface area is 363 Å². The van der Waals surface area contributed by atoms with E-state index in [1.54, 1.807) is 37.5 Å².